The standard InChI is InChI=1S/C13H16BrN3OS/c1-8(2)15-7-12-16-17-13(19-12)18-11-6-10(14)5-4-9(11)3/h4-6,8,15H,7H2,1-3H3. The first kappa shape index (κ1) is 14.4. The van der Waals surface area contributed by atoms with Crippen LogP contribution in [-0.2, 0) is 6.54 Å². The van der Waals surface area contributed by atoms with E-state index in [0.717, 1.165) is 27.3 Å². The van der Waals surface area contributed by atoms with Gasteiger partial charge in [0.15, 0.2) is 0 Å². The number of aryl methyl sites for hydroxylation is 1. The SMILES string of the molecule is Cc1ccc(Br)cc1Oc1nnc(CNC(C)C)s1. The maximum atomic E-state index is 5.76. The Kier molecular flexibility index (Phi) is 4.90. The van der Waals surface area contributed by atoms with E-state index in [9.17, 15) is 0 Å². The van der Waals surface area contributed by atoms with Gasteiger partial charge in [-0.25, -0.2) is 0 Å². The number of ether oxygens (including phenoxy) is 1. The Labute approximate surface area is 125 Å². The molecule has 1 N–H and O–H groups in total. The number of benzene rings is 1. The number of halogens is 1. The van der Waals surface area contributed by atoms with Gasteiger partial charge >= 0.3 is 0 Å². The van der Waals surface area contributed by atoms with Crippen LogP contribution in [0.5, 0.6) is 10.9 Å². The van der Waals surface area contributed by atoms with Gasteiger partial charge in [-0.1, -0.05) is 52.3 Å². The molecular formula is C13H16BrN3OS. The number of aromatic nitrogens is 2. The fourth-order valence-corrected chi connectivity index (χ4v) is 2.41. The lowest BCUT2D eigenvalue weighted by atomic mass is 10.2. The molecule has 0 aliphatic carbocycles. The van der Waals surface area contributed by atoms with Crippen molar-refractivity contribution in [3.05, 3.63) is 33.2 Å². The topological polar surface area (TPSA) is 47.0 Å². The van der Waals surface area contributed by atoms with Crippen molar-refractivity contribution in [2.24, 2.45) is 0 Å². The highest BCUT2D eigenvalue weighted by Crippen LogP contribution is 2.29. The van der Waals surface area contributed by atoms with Crippen molar-refractivity contribution in [3.8, 4) is 10.9 Å². The van der Waals surface area contributed by atoms with Crippen LogP contribution in [0.15, 0.2) is 22.7 Å². The van der Waals surface area contributed by atoms with Crippen LogP contribution in [-0.4, -0.2) is 16.2 Å². The lowest BCUT2D eigenvalue weighted by molar-refractivity contribution is 0.469. The first-order valence-corrected chi connectivity index (χ1v) is 7.65. The second-order valence-corrected chi connectivity index (χ2v) is 6.45. The summed E-state index contributed by atoms with van der Waals surface area (Å²) in [5, 5.41) is 13.0. The summed E-state index contributed by atoms with van der Waals surface area (Å²) in [6.45, 7) is 6.92. The number of rotatable bonds is 5. The minimum absolute atomic E-state index is 0.431. The number of nitrogens with one attached hydrogen (secondary N) is 1. The molecule has 0 aliphatic heterocycles. The summed E-state index contributed by atoms with van der Waals surface area (Å²) < 4.78 is 6.75. The molecule has 0 unspecified atom stereocenters. The third-order valence-electron chi connectivity index (χ3n) is 2.46. The number of hydrogen-bond donors (Lipinski definition) is 1. The summed E-state index contributed by atoms with van der Waals surface area (Å²) in [6.07, 6.45) is 0. The van der Waals surface area contributed by atoms with E-state index < -0.39 is 0 Å². The van der Waals surface area contributed by atoms with Crippen LogP contribution in [0.2, 0.25) is 0 Å². The molecule has 1 heterocycles. The fraction of sp³-hybridized carbons (Fsp3) is 0.385. The molecular weight excluding hydrogens is 326 g/mol. The Morgan fingerprint density at radius 1 is 1.37 bits per heavy atom. The van der Waals surface area contributed by atoms with Gasteiger partial charge in [0.05, 0.1) is 6.54 Å². The average Bonchev–Trinajstić information content (AvgIpc) is 2.79. The zero-order chi connectivity index (χ0) is 13.8. The zero-order valence-corrected chi connectivity index (χ0v) is 13.5. The summed E-state index contributed by atoms with van der Waals surface area (Å²) >= 11 is 4.90. The van der Waals surface area contributed by atoms with E-state index >= 15 is 0 Å². The van der Waals surface area contributed by atoms with E-state index in [1.54, 1.807) is 0 Å². The zero-order valence-electron chi connectivity index (χ0n) is 11.1. The molecule has 0 amide bonds. The summed E-state index contributed by atoms with van der Waals surface area (Å²) in [4.78, 5) is 0. The molecule has 0 bridgehead atoms. The molecule has 0 saturated carbocycles. The third kappa shape index (κ3) is 4.26. The quantitative estimate of drug-likeness (QED) is 0.895. The molecule has 6 heteroatoms. The van der Waals surface area contributed by atoms with E-state index in [-0.39, 0.29) is 0 Å². The van der Waals surface area contributed by atoms with Crippen molar-refractivity contribution in [2.75, 3.05) is 0 Å². The molecule has 1 aromatic heterocycles. The molecule has 0 fully saturated rings. The van der Waals surface area contributed by atoms with Crippen molar-refractivity contribution in [2.45, 2.75) is 33.4 Å². The molecule has 0 atom stereocenters. The summed E-state index contributed by atoms with van der Waals surface area (Å²) in [6, 6.07) is 6.35. The highest BCUT2D eigenvalue weighted by atomic mass is 79.9. The Morgan fingerprint density at radius 3 is 2.89 bits per heavy atom. The smallest absolute Gasteiger partial charge is 0.299 e. The normalized spacial score (nSPS) is 11.0. The van der Waals surface area contributed by atoms with Gasteiger partial charge < -0.3 is 10.1 Å². The van der Waals surface area contributed by atoms with Crippen molar-refractivity contribution in [1.29, 1.82) is 0 Å². The summed E-state index contributed by atoms with van der Waals surface area (Å²) in [5.41, 5.74) is 1.07. The Bertz CT molecular complexity index is 557. The summed E-state index contributed by atoms with van der Waals surface area (Å²) in [5.74, 6) is 0.800. The molecule has 0 spiro atoms. The average molecular weight is 342 g/mol. The molecule has 2 rings (SSSR count). The molecule has 0 radical (unpaired) electrons. The van der Waals surface area contributed by atoms with Crippen LogP contribution >= 0.6 is 27.3 Å². The van der Waals surface area contributed by atoms with Crippen LogP contribution in [0.3, 0.4) is 0 Å². The van der Waals surface area contributed by atoms with E-state index in [2.05, 4.69) is 45.3 Å². The van der Waals surface area contributed by atoms with Gasteiger partial charge in [0, 0.05) is 10.5 Å². The van der Waals surface area contributed by atoms with Gasteiger partial charge in [-0.15, -0.1) is 5.10 Å². The Hall–Kier alpha value is -0.980. The lowest BCUT2D eigenvalue weighted by Crippen LogP contribution is -2.21. The van der Waals surface area contributed by atoms with E-state index in [0.29, 0.717) is 11.2 Å². The van der Waals surface area contributed by atoms with Crippen molar-refractivity contribution in [1.82, 2.24) is 15.5 Å². The summed E-state index contributed by atoms with van der Waals surface area (Å²) in [7, 11) is 0. The second kappa shape index (κ2) is 6.45. The fourth-order valence-electron chi connectivity index (χ4n) is 1.42. The van der Waals surface area contributed by atoms with Crippen molar-refractivity contribution < 1.29 is 4.74 Å². The molecule has 0 saturated heterocycles. The van der Waals surface area contributed by atoms with E-state index in [1.807, 2.05) is 25.1 Å². The third-order valence-corrected chi connectivity index (χ3v) is 3.75. The predicted octanol–water partition coefficient (Wildman–Crippen LogP) is 3.90. The van der Waals surface area contributed by atoms with Gasteiger partial charge in [-0.3, -0.25) is 0 Å². The van der Waals surface area contributed by atoms with Crippen molar-refractivity contribution >= 4 is 27.3 Å². The maximum Gasteiger partial charge on any atom is 0.299 e. The van der Waals surface area contributed by atoms with E-state index in [1.165, 1.54) is 11.3 Å². The first-order valence-electron chi connectivity index (χ1n) is 6.04. The molecule has 19 heavy (non-hydrogen) atoms. The Balaban J connectivity index is 2.05. The number of hydrogen-bond acceptors (Lipinski definition) is 5. The minimum atomic E-state index is 0.431. The van der Waals surface area contributed by atoms with Crippen LogP contribution in [0.4, 0.5) is 0 Å². The van der Waals surface area contributed by atoms with E-state index in [4.69, 9.17) is 4.74 Å². The van der Waals surface area contributed by atoms with Crippen LogP contribution < -0.4 is 10.1 Å². The highest BCUT2D eigenvalue weighted by Gasteiger charge is 2.08. The van der Waals surface area contributed by atoms with Gasteiger partial charge in [0.25, 0.3) is 5.19 Å². The predicted molar refractivity (Wildman–Crippen MR) is 80.8 cm³/mol. The van der Waals surface area contributed by atoms with Crippen LogP contribution in [0, 0.1) is 6.92 Å². The highest BCUT2D eigenvalue weighted by molar-refractivity contribution is 9.10. The number of nitrogens with zero attached hydrogens (tertiary/aromatic N) is 2. The second-order valence-electron chi connectivity index (χ2n) is 4.51. The molecule has 0 aliphatic rings. The maximum absolute atomic E-state index is 5.76. The largest absolute Gasteiger partial charge is 0.429 e. The van der Waals surface area contributed by atoms with Gasteiger partial charge in [0.1, 0.15) is 10.8 Å². The van der Waals surface area contributed by atoms with Crippen LogP contribution in [0.1, 0.15) is 24.4 Å². The molecule has 4 nitrogen and oxygen atoms in total. The molecule has 1 aromatic carbocycles. The monoisotopic (exact) mass is 341 g/mol. The minimum Gasteiger partial charge on any atom is -0.429 e. The molecule has 102 valence electrons. The first-order chi connectivity index (χ1) is 9.04. The van der Waals surface area contributed by atoms with Crippen molar-refractivity contribution in [3.63, 3.8) is 0 Å². The van der Waals surface area contributed by atoms with Gasteiger partial charge in [0.2, 0.25) is 0 Å². The van der Waals surface area contributed by atoms with Crippen LogP contribution in [0.25, 0.3) is 0 Å². The Morgan fingerprint density at radius 2 is 2.16 bits per heavy atom. The molecule has 2 aromatic rings. The van der Waals surface area contributed by atoms with Gasteiger partial charge in [-0.2, -0.15) is 0 Å². The lowest BCUT2D eigenvalue weighted by Gasteiger charge is -2.05. The van der Waals surface area contributed by atoms with Gasteiger partial charge in [-0.05, 0) is 24.6 Å².